The van der Waals surface area contributed by atoms with Gasteiger partial charge in [0, 0.05) is 55.9 Å². The van der Waals surface area contributed by atoms with Crippen LogP contribution in [0.15, 0.2) is 77.9 Å². The molecular formula is C64H88N10O13. The zero-order valence-electron chi connectivity index (χ0n) is 51.4. The average molecular weight is 1210 g/mol. The zero-order valence-corrected chi connectivity index (χ0v) is 51.4. The lowest BCUT2D eigenvalue weighted by Crippen LogP contribution is -2.49. The van der Waals surface area contributed by atoms with Gasteiger partial charge in [0.15, 0.2) is 11.9 Å². The number of azide groups is 1. The Morgan fingerprint density at radius 2 is 1.45 bits per heavy atom. The Hall–Kier alpha value is -7.69. The Balaban J connectivity index is 1.03. The van der Waals surface area contributed by atoms with Crippen LogP contribution >= 0.6 is 0 Å². The van der Waals surface area contributed by atoms with Crippen LogP contribution in [-0.4, -0.2) is 145 Å². The van der Waals surface area contributed by atoms with E-state index in [1.165, 1.54) is 12.8 Å². The summed E-state index contributed by atoms with van der Waals surface area (Å²) >= 11 is 0. The van der Waals surface area contributed by atoms with Crippen LogP contribution in [-0.2, 0) is 91.3 Å². The van der Waals surface area contributed by atoms with Crippen molar-refractivity contribution < 1.29 is 61.9 Å². The minimum absolute atomic E-state index is 0.0348. The maximum absolute atomic E-state index is 13.9. The second kappa shape index (κ2) is 35.8. The number of hydrogen-bond donors (Lipinski definition) is 3. The van der Waals surface area contributed by atoms with Gasteiger partial charge in [0.2, 0.25) is 0 Å². The Kier molecular flexibility index (Phi) is 28.2. The SMILES string of the molecule is CCCCc1nc2c(CC(=O)OCc3ccc(CC(=O)[C@@H](CCCNC(N)=O)NC(=O)[C@H](OC(=O)CCOCCOCCOCCOCCN=[N+]=[N-])C(C)C)cc3)nc3ccccc3c2n1Cc1ccc(CN(CCC2CC2)C(=O)OC(C)(C)C)cc1. The smallest absolute Gasteiger partial charge is 0.410 e. The molecule has 23 heteroatoms. The number of amides is 4. The van der Waals surface area contributed by atoms with Crippen LogP contribution in [0.25, 0.3) is 32.4 Å². The molecule has 23 nitrogen and oxygen atoms in total. The van der Waals surface area contributed by atoms with Gasteiger partial charge in [-0.1, -0.05) is 112 Å². The average Bonchev–Trinajstić information content (AvgIpc) is 1.73. The summed E-state index contributed by atoms with van der Waals surface area (Å²) < 4.78 is 41.1. The molecule has 1 aliphatic rings. The summed E-state index contributed by atoms with van der Waals surface area (Å²) in [5.41, 5.74) is 19.1. The first-order chi connectivity index (χ1) is 41.9. The number of rotatable bonds is 40. The topological polar surface area (TPSA) is 300 Å². The number of nitrogens with one attached hydrogen (secondary N) is 2. The Morgan fingerprint density at radius 1 is 0.805 bits per heavy atom. The largest absolute Gasteiger partial charge is 0.461 e. The number of nitrogens with two attached hydrogens (primary N) is 1. The van der Waals surface area contributed by atoms with Crippen molar-refractivity contribution in [1.82, 2.24) is 30.1 Å². The van der Waals surface area contributed by atoms with Crippen LogP contribution in [0, 0.1) is 11.8 Å². The molecule has 0 bridgehead atoms. The van der Waals surface area contributed by atoms with Crippen molar-refractivity contribution in [2.45, 2.75) is 150 Å². The van der Waals surface area contributed by atoms with Gasteiger partial charge >= 0.3 is 24.1 Å². The molecule has 2 atom stereocenters. The fourth-order valence-electron chi connectivity index (χ4n) is 9.50. The summed E-state index contributed by atoms with van der Waals surface area (Å²) in [6.07, 6.45) is 4.70. The first kappa shape index (κ1) is 68.4. The summed E-state index contributed by atoms with van der Waals surface area (Å²) in [5.74, 6) is -0.951. The molecule has 0 unspecified atom stereocenters. The standard InChI is InChI=1S/C64H88N10O13/c1-7-8-15-55-71-58-53(69-51-13-10-9-12-50(51)59(58)74(55)42-48-22-20-47(21-23-48)41-73(30-26-45-16-17-45)63(80)87-64(4,5)6)40-57(77)85-43-49-24-18-46(19-25-49)39-54(75)52(14-11-28-67-62(65)79)70-61(78)60(44(2)3)86-56(76)27-31-81-33-35-83-37-38-84-36-34-82-32-29-68-72-66/h9-10,12-13,18-25,44-45,52,60H,7-8,11,14-17,26-43H2,1-6H3,(H,70,78)(H3,65,67,79)/t52-,60-/m1/s1. The summed E-state index contributed by atoms with van der Waals surface area (Å²) in [7, 11) is 0. The number of benzene rings is 3. The normalized spacial score (nSPS) is 13.0. The van der Waals surface area contributed by atoms with Crippen LogP contribution in [0.2, 0.25) is 0 Å². The number of primary amides is 1. The zero-order chi connectivity index (χ0) is 62.6. The van der Waals surface area contributed by atoms with E-state index in [0.717, 1.165) is 59.1 Å². The lowest BCUT2D eigenvalue weighted by Gasteiger charge is -2.27. The van der Waals surface area contributed by atoms with E-state index in [9.17, 15) is 28.8 Å². The number of unbranched alkanes of at least 4 members (excludes halogenated alkanes) is 1. The van der Waals surface area contributed by atoms with Gasteiger partial charge in [-0.05, 0) is 92.1 Å². The number of esters is 2. The number of para-hydroxylation sites is 1. The monoisotopic (exact) mass is 1200 g/mol. The van der Waals surface area contributed by atoms with Crippen molar-refractivity contribution in [3.63, 3.8) is 0 Å². The Labute approximate surface area is 509 Å². The highest BCUT2D eigenvalue weighted by Crippen LogP contribution is 2.33. The third kappa shape index (κ3) is 24.2. The number of ether oxygens (including phenoxy) is 7. The highest BCUT2D eigenvalue weighted by molar-refractivity contribution is 6.04. The molecule has 1 saturated carbocycles. The fourth-order valence-corrected chi connectivity index (χ4v) is 9.50. The highest BCUT2D eigenvalue weighted by atomic mass is 16.6. The first-order valence-corrected chi connectivity index (χ1v) is 30.3. The second-order valence-corrected chi connectivity index (χ2v) is 23.0. The molecule has 87 heavy (non-hydrogen) atoms. The number of carbonyl (C=O) groups is 6. The third-order valence-electron chi connectivity index (χ3n) is 14.3. The molecule has 6 rings (SSSR count). The van der Waals surface area contributed by atoms with Gasteiger partial charge < -0.3 is 59.0 Å². The molecule has 4 amide bonds. The maximum Gasteiger partial charge on any atom is 0.410 e. The van der Waals surface area contributed by atoms with E-state index >= 15 is 0 Å². The first-order valence-electron chi connectivity index (χ1n) is 30.3. The number of urea groups is 1. The van der Waals surface area contributed by atoms with Gasteiger partial charge in [-0.2, -0.15) is 0 Å². The van der Waals surface area contributed by atoms with Gasteiger partial charge in [0.05, 0.1) is 88.5 Å². The molecule has 5 aromatic rings. The summed E-state index contributed by atoms with van der Waals surface area (Å²) in [6.45, 7) is 15.5. The van der Waals surface area contributed by atoms with E-state index in [1.54, 1.807) is 38.1 Å². The lowest BCUT2D eigenvalue weighted by atomic mass is 9.98. The molecule has 472 valence electrons. The molecule has 2 heterocycles. The van der Waals surface area contributed by atoms with Gasteiger partial charge in [0.25, 0.3) is 5.91 Å². The van der Waals surface area contributed by atoms with Crippen LogP contribution in [0.5, 0.6) is 0 Å². The van der Waals surface area contributed by atoms with Crippen molar-refractivity contribution in [1.29, 1.82) is 0 Å². The molecule has 4 N–H and O–H groups in total. The van der Waals surface area contributed by atoms with Crippen molar-refractivity contribution in [2.24, 2.45) is 22.7 Å². The molecule has 0 spiro atoms. The van der Waals surface area contributed by atoms with E-state index in [0.29, 0.717) is 87.3 Å². The number of imidazole rings is 1. The number of Topliss-reactive ketones (excluding diaryl/α,β-unsaturated/α-hetero) is 1. The number of aromatic nitrogens is 3. The minimum atomic E-state index is -1.20. The number of fused-ring (bicyclic) bond motifs is 3. The van der Waals surface area contributed by atoms with E-state index in [4.69, 9.17) is 54.4 Å². The van der Waals surface area contributed by atoms with Crippen molar-refractivity contribution in [3.8, 4) is 0 Å². The molecule has 1 aliphatic carbocycles. The number of carbonyl (C=O) groups excluding carboxylic acids is 6. The lowest BCUT2D eigenvalue weighted by molar-refractivity contribution is -0.160. The number of nitrogens with zero attached hydrogens (tertiary/aromatic N) is 7. The maximum atomic E-state index is 13.9. The highest BCUT2D eigenvalue weighted by Gasteiger charge is 2.31. The van der Waals surface area contributed by atoms with Crippen LogP contribution < -0.4 is 16.4 Å². The summed E-state index contributed by atoms with van der Waals surface area (Å²) in [5, 5.41) is 9.60. The van der Waals surface area contributed by atoms with E-state index in [-0.39, 0.29) is 77.1 Å². The summed E-state index contributed by atoms with van der Waals surface area (Å²) in [6, 6.07) is 21.6. The molecule has 0 saturated heterocycles. The van der Waals surface area contributed by atoms with Crippen LogP contribution in [0.1, 0.15) is 127 Å². The molecule has 2 aromatic heterocycles. The predicted octanol–water partition coefficient (Wildman–Crippen LogP) is 9.18. The van der Waals surface area contributed by atoms with E-state index in [2.05, 4.69) is 56.4 Å². The van der Waals surface area contributed by atoms with Crippen molar-refractivity contribution in [3.05, 3.63) is 117 Å². The Bertz CT molecular complexity index is 3060. The van der Waals surface area contributed by atoms with Crippen LogP contribution in [0.3, 0.4) is 0 Å². The molecular weight excluding hydrogens is 1120 g/mol. The molecule has 0 aliphatic heterocycles. The van der Waals surface area contributed by atoms with Crippen LogP contribution in [0.4, 0.5) is 9.59 Å². The van der Waals surface area contributed by atoms with Crippen molar-refractivity contribution >= 4 is 57.7 Å². The molecule has 1 fully saturated rings. The van der Waals surface area contributed by atoms with Gasteiger partial charge in [-0.3, -0.25) is 19.2 Å². The fraction of sp³-hybridized carbons (Fsp3) is 0.562. The number of pyridine rings is 1. The molecule has 3 aromatic carbocycles. The quantitative estimate of drug-likeness (QED) is 0.00822. The van der Waals surface area contributed by atoms with Gasteiger partial charge in [0.1, 0.15) is 23.5 Å². The molecule has 0 radical (unpaired) electrons. The third-order valence-corrected chi connectivity index (χ3v) is 14.3. The van der Waals surface area contributed by atoms with Gasteiger partial charge in [-0.25, -0.2) is 19.6 Å². The van der Waals surface area contributed by atoms with Gasteiger partial charge in [-0.15, -0.1) is 0 Å². The van der Waals surface area contributed by atoms with Crippen molar-refractivity contribution in [2.75, 3.05) is 72.5 Å². The second-order valence-electron chi connectivity index (χ2n) is 23.0. The number of ketones is 1. The minimum Gasteiger partial charge on any atom is -0.461 e. The number of aryl methyl sites for hydroxylation is 1. The Morgan fingerprint density at radius 3 is 2.09 bits per heavy atom. The van der Waals surface area contributed by atoms with E-state index in [1.807, 2.05) is 49.9 Å². The van der Waals surface area contributed by atoms with E-state index < -0.39 is 47.5 Å². The predicted molar refractivity (Wildman–Crippen MR) is 327 cm³/mol. The summed E-state index contributed by atoms with van der Waals surface area (Å²) in [4.78, 5) is 93.5. The number of hydrogen-bond acceptors (Lipinski definition) is 16.